The van der Waals surface area contributed by atoms with E-state index in [1.807, 2.05) is 25.3 Å². The molecular weight excluding hydrogens is 280 g/mol. The van der Waals surface area contributed by atoms with E-state index >= 15 is 0 Å². The third kappa shape index (κ3) is 2.07. The molecule has 0 radical (unpaired) electrons. The van der Waals surface area contributed by atoms with E-state index in [-0.39, 0.29) is 6.03 Å². The zero-order valence-electron chi connectivity index (χ0n) is 12.0. The van der Waals surface area contributed by atoms with E-state index in [4.69, 9.17) is 0 Å². The Morgan fingerprint density at radius 1 is 1.32 bits per heavy atom. The van der Waals surface area contributed by atoms with Gasteiger partial charge in [0, 0.05) is 25.1 Å². The number of urea groups is 1. The summed E-state index contributed by atoms with van der Waals surface area (Å²) in [7, 11) is 0. The first-order chi connectivity index (χ1) is 10.7. The fourth-order valence-corrected chi connectivity index (χ4v) is 2.66. The van der Waals surface area contributed by atoms with Crippen molar-refractivity contribution in [3.8, 4) is 0 Å². The predicted molar refractivity (Wildman–Crippen MR) is 82.0 cm³/mol. The van der Waals surface area contributed by atoms with E-state index in [0.29, 0.717) is 18.0 Å². The molecule has 7 heteroatoms. The van der Waals surface area contributed by atoms with Crippen molar-refractivity contribution in [2.24, 2.45) is 0 Å². The molecule has 1 aliphatic heterocycles. The highest BCUT2D eigenvalue weighted by atomic mass is 16.2. The summed E-state index contributed by atoms with van der Waals surface area (Å²) in [5, 5.41) is 2.86. The summed E-state index contributed by atoms with van der Waals surface area (Å²) in [4.78, 5) is 26.9. The maximum atomic E-state index is 12.4. The van der Waals surface area contributed by atoms with Crippen LogP contribution in [0.5, 0.6) is 0 Å². The SMILES string of the molecule is Cc1cn2cc(NC(=O)N3CCc4cccnc43)cnc2n1. The number of rotatable bonds is 1. The highest BCUT2D eigenvalue weighted by Gasteiger charge is 2.25. The van der Waals surface area contributed by atoms with Gasteiger partial charge in [-0.05, 0) is 25.0 Å². The molecule has 0 saturated carbocycles. The van der Waals surface area contributed by atoms with E-state index in [0.717, 1.165) is 23.5 Å². The minimum atomic E-state index is -0.199. The average molecular weight is 294 g/mol. The molecule has 1 aliphatic rings. The molecule has 0 aromatic carbocycles. The van der Waals surface area contributed by atoms with Crippen molar-refractivity contribution in [3.05, 3.63) is 48.2 Å². The number of carbonyl (C=O) groups excluding carboxylic acids is 1. The Kier molecular flexibility index (Phi) is 2.78. The second kappa shape index (κ2) is 4.80. The van der Waals surface area contributed by atoms with Gasteiger partial charge in [-0.2, -0.15) is 0 Å². The van der Waals surface area contributed by atoms with Crippen LogP contribution in [0.3, 0.4) is 0 Å². The zero-order chi connectivity index (χ0) is 15.1. The summed E-state index contributed by atoms with van der Waals surface area (Å²) >= 11 is 0. The van der Waals surface area contributed by atoms with Crippen molar-refractivity contribution in [2.45, 2.75) is 13.3 Å². The number of hydrogen-bond acceptors (Lipinski definition) is 4. The number of imidazole rings is 1. The van der Waals surface area contributed by atoms with Gasteiger partial charge in [-0.1, -0.05) is 6.07 Å². The third-order valence-corrected chi connectivity index (χ3v) is 3.65. The van der Waals surface area contributed by atoms with Crippen LogP contribution in [-0.4, -0.2) is 31.9 Å². The van der Waals surface area contributed by atoms with Crippen molar-refractivity contribution < 1.29 is 4.79 Å². The van der Waals surface area contributed by atoms with E-state index in [1.165, 1.54) is 0 Å². The lowest BCUT2D eigenvalue weighted by molar-refractivity contribution is 0.257. The molecule has 3 aromatic heterocycles. The smallest absolute Gasteiger partial charge is 0.305 e. The van der Waals surface area contributed by atoms with E-state index in [9.17, 15) is 4.79 Å². The molecule has 0 bridgehead atoms. The fraction of sp³-hybridized carbons (Fsp3) is 0.200. The zero-order valence-corrected chi connectivity index (χ0v) is 12.0. The van der Waals surface area contributed by atoms with Crippen LogP contribution in [0.2, 0.25) is 0 Å². The van der Waals surface area contributed by atoms with Crippen LogP contribution in [-0.2, 0) is 6.42 Å². The summed E-state index contributed by atoms with van der Waals surface area (Å²) in [5.74, 6) is 1.34. The van der Waals surface area contributed by atoms with E-state index < -0.39 is 0 Å². The van der Waals surface area contributed by atoms with Gasteiger partial charge in [-0.3, -0.25) is 9.30 Å². The standard InChI is InChI=1S/C15H14N6O/c1-10-8-20-9-12(7-17-14(20)18-10)19-15(22)21-6-4-11-3-2-5-16-13(11)21/h2-3,5,7-9H,4,6H2,1H3,(H,19,22). The largest absolute Gasteiger partial charge is 0.327 e. The number of carbonyl (C=O) groups is 1. The summed E-state index contributed by atoms with van der Waals surface area (Å²) in [6.45, 7) is 2.54. The van der Waals surface area contributed by atoms with Crippen molar-refractivity contribution in [1.82, 2.24) is 19.4 Å². The topological polar surface area (TPSA) is 75.4 Å². The van der Waals surface area contributed by atoms with Gasteiger partial charge in [0.05, 0.1) is 17.6 Å². The molecule has 0 saturated heterocycles. The molecule has 4 rings (SSSR count). The summed E-state index contributed by atoms with van der Waals surface area (Å²) < 4.78 is 1.79. The van der Waals surface area contributed by atoms with Crippen LogP contribution in [0.4, 0.5) is 16.3 Å². The molecule has 0 unspecified atom stereocenters. The monoisotopic (exact) mass is 294 g/mol. The number of aryl methyl sites for hydroxylation is 1. The van der Waals surface area contributed by atoms with Crippen LogP contribution in [0, 0.1) is 6.92 Å². The third-order valence-electron chi connectivity index (χ3n) is 3.65. The molecule has 0 aliphatic carbocycles. The molecule has 1 N–H and O–H groups in total. The van der Waals surface area contributed by atoms with Crippen LogP contribution >= 0.6 is 0 Å². The molecule has 0 fully saturated rings. The lowest BCUT2D eigenvalue weighted by Gasteiger charge is -2.16. The van der Waals surface area contributed by atoms with E-state index in [1.54, 1.807) is 27.9 Å². The maximum absolute atomic E-state index is 12.4. The Morgan fingerprint density at radius 3 is 3.14 bits per heavy atom. The minimum absolute atomic E-state index is 0.199. The first-order valence-corrected chi connectivity index (χ1v) is 7.04. The lowest BCUT2D eigenvalue weighted by atomic mass is 10.2. The summed E-state index contributed by atoms with van der Waals surface area (Å²) in [5.41, 5.74) is 2.60. The van der Waals surface area contributed by atoms with Gasteiger partial charge in [0.15, 0.2) is 0 Å². The molecule has 3 aromatic rings. The highest BCUT2D eigenvalue weighted by molar-refractivity contribution is 6.02. The molecule has 2 amide bonds. The number of hydrogen-bond donors (Lipinski definition) is 1. The van der Waals surface area contributed by atoms with Crippen molar-refractivity contribution in [2.75, 3.05) is 16.8 Å². The number of fused-ring (bicyclic) bond motifs is 2. The Morgan fingerprint density at radius 2 is 2.23 bits per heavy atom. The first kappa shape index (κ1) is 12.8. The lowest BCUT2D eigenvalue weighted by Crippen LogP contribution is -2.33. The summed E-state index contributed by atoms with van der Waals surface area (Å²) in [6.07, 6.45) is 7.80. The maximum Gasteiger partial charge on any atom is 0.327 e. The minimum Gasteiger partial charge on any atom is -0.305 e. The molecule has 4 heterocycles. The van der Waals surface area contributed by atoms with Crippen LogP contribution < -0.4 is 10.2 Å². The summed E-state index contributed by atoms with van der Waals surface area (Å²) in [6, 6.07) is 3.69. The molecule has 0 atom stereocenters. The molecule has 7 nitrogen and oxygen atoms in total. The normalized spacial score (nSPS) is 13.4. The van der Waals surface area contributed by atoms with Crippen LogP contribution in [0.25, 0.3) is 5.78 Å². The first-order valence-electron chi connectivity index (χ1n) is 7.04. The van der Waals surface area contributed by atoms with Gasteiger partial charge in [-0.15, -0.1) is 0 Å². The Balaban J connectivity index is 1.58. The predicted octanol–water partition coefficient (Wildman–Crippen LogP) is 2.03. The molecule has 110 valence electrons. The number of amides is 2. The van der Waals surface area contributed by atoms with Gasteiger partial charge in [0.25, 0.3) is 0 Å². The highest BCUT2D eigenvalue weighted by Crippen LogP contribution is 2.25. The molecule has 0 spiro atoms. The van der Waals surface area contributed by atoms with E-state index in [2.05, 4.69) is 20.3 Å². The van der Waals surface area contributed by atoms with Crippen molar-refractivity contribution in [3.63, 3.8) is 0 Å². The number of anilines is 2. The fourth-order valence-electron chi connectivity index (χ4n) is 2.66. The van der Waals surface area contributed by atoms with Crippen LogP contribution in [0.15, 0.2) is 36.9 Å². The number of pyridine rings is 1. The molecular formula is C15H14N6O. The molecule has 22 heavy (non-hydrogen) atoms. The second-order valence-electron chi connectivity index (χ2n) is 5.25. The van der Waals surface area contributed by atoms with Gasteiger partial charge < -0.3 is 5.32 Å². The van der Waals surface area contributed by atoms with Crippen molar-refractivity contribution in [1.29, 1.82) is 0 Å². The average Bonchev–Trinajstić information content (AvgIpc) is 3.09. The number of nitrogens with zero attached hydrogens (tertiary/aromatic N) is 5. The van der Waals surface area contributed by atoms with Crippen molar-refractivity contribution >= 4 is 23.3 Å². The van der Waals surface area contributed by atoms with Gasteiger partial charge in [0.2, 0.25) is 5.78 Å². The quantitative estimate of drug-likeness (QED) is 0.745. The van der Waals surface area contributed by atoms with Gasteiger partial charge in [0.1, 0.15) is 5.82 Å². The van der Waals surface area contributed by atoms with Gasteiger partial charge >= 0.3 is 6.03 Å². The number of aromatic nitrogens is 4. The van der Waals surface area contributed by atoms with Gasteiger partial charge in [-0.25, -0.2) is 19.7 Å². The second-order valence-corrected chi connectivity index (χ2v) is 5.25. The Hall–Kier alpha value is -2.96. The Labute approximate surface area is 126 Å². The van der Waals surface area contributed by atoms with Crippen LogP contribution in [0.1, 0.15) is 11.3 Å². The number of nitrogens with one attached hydrogen (secondary N) is 1. The Bertz CT molecular complexity index is 871.